The Balaban J connectivity index is 1.94. The van der Waals surface area contributed by atoms with E-state index in [-0.39, 0.29) is 17.9 Å². The average molecular weight is 303 g/mol. The molecule has 6 heteroatoms. The van der Waals surface area contributed by atoms with Crippen LogP contribution < -0.4 is 5.32 Å². The van der Waals surface area contributed by atoms with Crippen LogP contribution in [0.1, 0.15) is 36.5 Å². The van der Waals surface area contributed by atoms with Crippen LogP contribution in [0.5, 0.6) is 0 Å². The molecule has 0 aliphatic heterocycles. The highest BCUT2D eigenvalue weighted by molar-refractivity contribution is 5.94. The first-order valence-corrected chi connectivity index (χ1v) is 7.32. The lowest BCUT2D eigenvalue weighted by molar-refractivity contribution is 0.0939. The zero-order valence-electron chi connectivity index (χ0n) is 13.0. The summed E-state index contributed by atoms with van der Waals surface area (Å²) in [7, 11) is 0. The largest absolute Gasteiger partial charge is 0.393 e. The summed E-state index contributed by atoms with van der Waals surface area (Å²) in [4.78, 5) is 16.2. The van der Waals surface area contributed by atoms with Crippen LogP contribution in [0.15, 0.2) is 28.8 Å². The number of hydrogen-bond acceptors (Lipinski definition) is 5. The van der Waals surface area contributed by atoms with Crippen molar-refractivity contribution in [1.82, 2.24) is 15.5 Å². The van der Waals surface area contributed by atoms with Gasteiger partial charge < -0.3 is 14.9 Å². The molecular formula is C16H21N3O3. The molecular weight excluding hydrogens is 282 g/mol. The predicted molar refractivity (Wildman–Crippen MR) is 82.3 cm³/mol. The van der Waals surface area contributed by atoms with E-state index in [1.165, 1.54) is 0 Å². The number of nitrogens with zero attached hydrogens (tertiary/aromatic N) is 2. The molecule has 1 amide bonds. The fraction of sp³-hybridized carbons (Fsp3) is 0.438. The number of aryl methyl sites for hydroxylation is 1. The summed E-state index contributed by atoms with van der Waals surface area (Å²) in [6.07, 6.45) is 0.305. The van der Waals surface area contributed by atoms with Crippen molar-refractivity contribution in [2.45, 2.75) is 33.3 Å². The van der Waals surface area contributed by atoms with Gasteiger partial charge >= 0.3 is 0 Å². The van der Waals surface area contributed by atoms with Gasteiger partial charge in [0.15, 0.2) is 5.82 Å². The molecule has 6 nitrogen and oxygen atoms in total. The van der Waals surface area contributed by atoms with E-state index in [9.17, 15) is 9.90 Å². The number of hydrogen-bond donors (Lipinski definition) is 2. The zero-order chi connectivity index (χ0) is 16.1. The number of aliphatic hydroxyl groups excluding tert-OH is 1. The van der Waals surface area contributed by atoms with Crippen molar-refractivity contribution in [2.75, 3.05) is 6.54 Å². The second-order valence-corrected chi connectivity index (χ2v) is 5.62. The van der Waals surface area contributed by atoms with E-state index in [0.717, 1.165) is 5.56 Å². The minimum absolute atomic E-state index is 0.134. The second kappa shape index (κ2) is 7.17. The molecule has 0 spiro atoms. The highest BCUT2D eigenvalue weighted by Gasteiger charge is 2.11. The molecule has 2 atom stereocenters. The van der Waals surface area contributed by atoms with Gasteiger partial charge in [0.1, 0.15) is 0 Å². The minimum atomic E-state index is -0.357. The van der Waals surface area contributed by atoms with Crippen LogP contribution in [0.3, 0.4) is 0 Å². The Morgan fingerprint density at radius 3 is 2.55 bits per heavy atom. The smallest absolute Gasteiger partial charge is 0.257 e. The van der Waals surface area contributed by atoms with E-state index in [1.807, 2.05) is 6.92 Å². The monoisotopic (exact) mass is 303 g/mol. The summed E-state index contributed by atoms with van der Waals surface area (Å²) in [6, 6.07) is 7.01. The zero-order valence-corrected chi connectivity index (χ0v) is 13.0. The summed E-state index contributed by atoms with van der Waals surface area (Å²) < 4.78 is 5.08. The van der Waals surface area contributed by atoms with Crippen molar-refractivity contribution < 1.29 is 14.4 Å². The van der Waals surface area contributed by atoms with Crippen molar-refractivity contribution in [3.8, 4) is 11.5 Å². The summed E-state index contributed by atoms with van der Waals surface area (Å²) in [6.45, 7) is 6.03. The number of benzene rings is 1. The van der Waals surface area contributed by atoms with Crippen molar-refractivity contribution in [1.29, 1.82) is 0 Å². The molecule has 0 fully saturated rings. The number of carbonyl (C=O) groups is 1. The Kier molecular flexibility index (Phi) is 5.27. The molecule has 0 aliphatic carbocycles. The van der Waals surface area contributed by atoms with Gasteiger partial charge in [0.05, 0.1) is 6.10 Å². The SMILES string of the molecule is Cc1noc(-c2ccc(C(=O)NCC(C)CC(C)O)cc2)n1. The summed E-state index contributed by atoms with van der Waals surface area (Å²) in [5.41, 5.74) is 1.35. The molecule has 0 saturated carbocycles. The molecule has 1 aromatic heterocycles. The first kappa shape index (κ1) is 16.2. The van der Waals surface area contributed by atoms with Crippen molar-refractivity contribution >= 4 is 5.91 Å². The number of nitrogens with one attached hydrogen (secondary N) is 1. The summed E-state index contributed by atoms with van der Waals surface area (Å²) in [5, 5.41) is 15.9. The average Bonchev–Trinajstić information content (AvgIpc) is 2.91. The van der Waals surface area contributed by atoms with Gasteiger partial charge in [0, 0.05) is 17.7 Å². The number of aliphatic hydroxyl groups is 1. The van der Waals surface area contributed by atoms with Crippen molar-refractivity contribution in [2.24, 2.45) is 5.92 Å². The van der Waals surface area contributed by atoms with E-state index in [2.05, 4.69) is 15.5 Å². The number of aromatic nitrogens is 2. The van der Waals surface area contributed by atoms with Crippen LogP contribution >= 0.6 is 0 Å². The van der Waals surface area contributed by atoms with Crippen LogP contribution in [0.2, 0.25) is 0 Å². The molecule has 0 saturated heterocycles. The molecule has 2 N–H and O–H groups in total. The Morgan fingerprint density at radius 2 is 2.00 bits per heavy atom. The van der Waals surface area contributed by atoms with Gasteiger partial charge in [-0.2, -0.15) is 4.98 Å². The molecule has 0 bridgehead atoms. The number of rotatable bonds is 6. The van der Waals surface area contributed by atoms with Crippen molar-refractivity contribution in [3.63, 3.8) is 0 Å². The molecule has 2 rings (SSSR count). The predicted octanol–water partition coefficient (Wildman–Crippen LogP) is 2.18. The molecule has 22 heavy (non-hydrogen) atoms. The molecule has 0 radical (unpaired) electrons. The van der Waals surface area contributed by atoms with Crippen LogP contribution in [0.25, 0.3) is 11.5 Å². The van der Waals surface area contributed by atoms with Gasteiger partial charge in [0.2, 0.25) is 0 Å². The van der Waals surface area contributed by atoms with Gasteiger partial charge in [-0.1, -0.05) is 12.1 Å². The van der Waals surface area contributed by atoms with Gasteiger partial charge in [-0.3, -0.25) is 4.79 Å². The third kappa shape index (κ3) is 4.39. The van der Waals surface area contributed by atoms with E-state index >= 15 is 0 Å². The third-order valence-corrected chi connectivity index (χ3v) is 3.28. The normalized spacial score (nSPS) is 13.6. The number of amides is 1. The number of carbonyl (C=O) groups excluding carboxylic acids is 1. The fourth-order valence-corrected chi connectivity index (χ4v) is 2.21. The van der Waals surface area contributed by atoms with Crippen LogP contribution in [-0.4, -0.2) is 33.8 Å². The maximum absolute atomic E-state index is 12.1. The maximum atomic E-state index is 12.1. The Hall–Kier alpha value is -2.21. The summed E-state index contributed by atoms with van der Waals surface area (Å²) >= 11 is 0. The van der Waals surface area contributed by atoms with Crippen LogP contribution in [0.4, 0.5) is 0 Å². The van der Waals surface area contributed by atoms with Crippen LogP contribution in [-0.2, 0) is 0 Å². The van der Waals surface area contributed by atoms with Gasteiger partial charge in [-0.05, 0) is 50.5 Å². The second-order valence-electron chi connectivity index (χ2n) is 5.62. The minimum Gasteiger partial charge on any atom is -0.393 e. The highest BCUT2D eigenvalue weighted by Crippen LogP contribution is 2.17. The lowest BCUT2D eigenvalue weighted by atomic mass is 10.0. The Morgan fingerprint density at radius 1 is 1.32 bits per heavy atom. The fourth-order valence-electron chi connectivity index (χ4n) is 2.21. The standard InChI is InChI=1S/C16H21N3O3/c1-10(8-11(2)20)9-17-15(21)13-4-6-14(7-5-13)16-18-12(3)19-22-16/h4-7,10-11,20H,8-9H2,1-3H3,(H,17,21). The van der Waals surface area contributed by atoms with Gasteiger partial charge in [-0.15, -0.1) is 0 Å². The maximum Gasteiger partial charge on any atom is 0.257 e. The molecule has 2 unspecified atom stereocenters. The Labute approximate surface area is 129 Å². The van der Waals surface area contributed by atoms with Gasteiger partial charge in [0.25, 0.3) is 11.8 Å². The molecule has 118 valence electrons. The van der Waals surface area contributed by atoms with Crippen molar-refractivity contribution in [3.05, 3.63) is 35.7 Å². The van der Waals surface area contributed by atoms with Crippen LogP contribution in [0, 0.1) is 12.8 Å². The van der Waals surface area contributed by atoms with E-state index < -0.39 is 0 Å². The lowest BCUT2D eigenvalue weighted by Crippen LogP contribution is -2.29. The topological polar surface area (TPSA) is 88.2 Å². The lowest BCUT2D eigenvalue weighted by Gasteiger charge is -2.14. The first-order valence-electron chi connectivity index (χ1n) is 7.32. The molecule has 1 aromatic carbocycles. The highest BCUT2D eigenvalue weighted by atomic mass is 16.5. The third-order valence-electron chi connectivity index (χ3n) is 3.28. The quantitative estimate of drug-likeness (QED) is 0.854. The van der Waals surface area contributed by atoms with E-state index in [1.54, 1.807) is 38.1 Å². The van der Waals surface area contributed by atoms with E-state index in [0.29, 0.717) is 30.2 Å². The molecule has 1 heterocycles. The van der Waals surface area contributed by atoms with Gasteiger partial charge in [-0.25, -0.2) is 0 Å². The molecule has 0 aliphatic rings. The van der Waals surface area contributed by atoms with E-state index in [4.69, 9.17) is 4.52 Å². The summed E-state index contributed by atoms with van der Waals surface area (Å²) in [5.74, 6) is 1.11. The first-order chi connectivity index (χ1) is 10.5. The Bertz CT molecular complexity index is 620. The molecule has 2 aromatic rings.